The van der Waals surface area contributed by atoms with E-state index in [1.165, 1.54) is 5.57 Å². The summed E-state index contributed by atoms with van der Waals surface area (Å²) in [5.74, 6) is 0.775. The van der Waals surface area contributed by atoms with E-state index >= 15 is 0 Å². The number of hydrogen-bond donors (Lipinski definition) is 2. The van der Waals surface area contributed by atoms with E-state index in [9.17, 15) is 4.79 Å². The van der Waals surface area contributed by atoms with Crippen molar-refractivity contribution < 1.29 is 14.3 Å². The van der Waals surface area contributed by atoms with Crippen LogP contribution < -0.4 is 10.6 Å². The van der Waals surface area contributed by atoms with Crippen molar-refractivity contribution in [3.05, 3.63) is 11.6 Å². The van der Waals surface area contributed by atoms with Crippen LogP contribution in [-0.4, -0.2) is 68.5 Å². The van der Waals surface area contributed by atoms with E-state index < -0.39 is 5.60 Å². The molecule has 2 N–H and O–H groups in total. The predicted octanol–water partition coefficient (Wildman–Crippen LogP) is 1.51. The number of amides is 1. The number of carbonyl (C=O) groups excluding carboxylic acids is 1. The summed E-state index contributed by atoms with van der Waals surface area (Å²) >= 11 is 0. The van der Waals surface area contributed by atoms with Crippen LogP contribution in [0.2, 0.25) is 0 Å². The molecule has 2 aliphatic rings. The Labute approximate surface area is 144 Å². The van der Waals surface area contributed by atoms with Gasteiger partial charge in [0.1, 0.15) is 5.60 Å². The summed E-state index contributed by atoms with van der Waals surface area (Å²) < 4.78 is 10.7. The molecule has 7 nitrogen and oxygen atoms in total. The third-order valence-electron chi connectivity index (χ3n) is 3.89. The molecule has 1 saturated heterocycles. The van der Waals surface area contributed by atoms with Gasteiger partial charge in [-0.1, -0.05) is 11.6 Å². The van der Waals surface area contributed by atoms with Crippen molar-refractivity contribution in [3.8, 4) is 0 Å². The van der Waals surface area contributed by atoms with Crippen LogP contribution in [0.4, 0.5) is 4.79 Å². The Morgan fingerprint density at radius 1 is 1.46 bits per heavy atom. The molecule has 0 bridgehead atoms. The summed E-state index contributed by atoms with van der Waals surface area (Å²) in [4.78, 5) is 17.8. The summed E-state index contributed by atoms with van der Waals surface area (Å²) in [6.45, 7) is 9.29. The molecule has 0 atom stereocenters. The van der Waals surface area contributed by atoms with Crippen molar-refractivity contribution >= 4 is 12.1 Å². The molecule has 0 unspecified atom stereocenters. The van der Waals surface area contributed by atoms with Crippen LogP contribution in [0.5, 0.6) is 0 Å². The molecule has 1 fully saturated rings. The van der Waals surface area contributed by atoms with Crippen LogP contribution >= 0.6 is 0 Å². The fourth-order valence-electron chi connectivity index (χ4n) is 2.57. The summed E-state index contributed by atoms with van der Waals surface area (Å²) in [6.07, 6.45) is 3.92. The van der Waals surface area contributed by atoms with Crippen LogP contribution in [0, 0.1) is 0 Å². The summed E-state index contributed by atoms with van der Waals surface area (Å²) in [5, 5.41) is 6.65. The Balaban J connectivity index is 1.64. The van der Waals surface area contributed by atoms with Crippen LogP contribution in [-0.2, 0) is 9.47 Å². The van der Waals surface area contributed by atoms with E-state index in [0.717, 1.165) is 38.6 Å². The Hall–Kier alpha value is -1.76. The number of ether oxygens (including phenoxy) is 2. The number of carbonyl (C=O) groups is 1. The molecule has 0 radical (unpaired) electrons. The lowest BCUT2D eigenvalue weighted by Gasteiger charge is -2.40. The molecule has 1 amide bonds. The van der Waals surface area contributed by atoms with Crippen molar-refractivity contribution in [2.45, 2.75) is 45.3 Å². The number of hydrogen-bond acceptors (Lipinski definition) is 4. The maximum Gasteiger partial charge on any atom is 0.410 e. The molecule has 0 aromatic carbocycles. The smallest absolute Gasteiger partial charge is 0.410 e. The molecule has 7 heteroatoms. The highest BCUT2D eigenvalue weighted by Crippen LogP contribution is 2.15. The summed E-state index contributed by atoms with van der Waals surface area (Å²) in [6, 6.07) is 0.214. The van der Waals surface area contributed by atoms with Gasteiger partial charge in [0.05, 0.1) is 19.3 Å². The molecule has 2 heterocycles. The van der Waals surface area contributed by atoms with Gasteiger partial charge in [0.2, 0.25) is 0 Å². The second-order valence-electron chi connectivity index (χ2n) is 7.16. The first-order valence-corrected chi connectivity index (χ1v) is 8.58. The highest BCUT2D eigenvalue weighted by molar-refractivity contribution is 5.80. The molecule has 0 aromatic heterocycles. The van der Waals surface area contributed by atoms with Crippen molar-refractivity contribution in [2.24, 2.45) is 4.99 Å². The number of guanidine groups is 1. The third-order valence-corrected chi connectivity index (χ3v) is 3.89. The van der Waals surface area contributed by atoms with E-state index in [-0.39, 0.29) is 12.1 Å². The standard InChI is InChI=1S/C17H30N4O3/c1-17(2,3)24-16(22)21-11-14(12-21)20-15(18-4)19-8-5-13-6-9-23-10-7-13/h6,14H,5,7-12H2,1-4H3,(H2,18,19,20). The molecule has 136 valence electrons. The first kappa shape index (κ1) is 18.6. The minimum Gasteiger partial charge on any atom is -0.444 e. The minimum atomic E-state index is -0.452. The van der Waals surface area contributed by atoms with Gasteiger partial charge < -0.3 is 25.0 Å². The minimum absolute atomic E-state index is 0.214. The monoisotopic (exact) mass is 338 g/mol. The molecule has 0 saturated carbocycles. The molecular weight excluding hydrogens is 308 g/mol. The van der Waals surface area contributed by atoms with Crippen molar-refractivity contribution in [1.29, 1.82) is 0 Å². The van der Waals surface area contributed by atoms with Crippen molar-refractivity contribution in [1.82, 2.24) is 15.5 Å². The lowest BCUT2D eigenvalue weighted by atomic mass is 10.1. The third kappa shape index (κ3) is 6.03. The van der Waals surface area contributed by atoms with Crippen LogP contribution in [0.3, 0.4) is 0 Å². The molecular formula is C17H30N4O3. The summed E-state index contributed by atoms with van der Waals surface area (Å²) in [7, 11) is 1.76. The zero-order valence-electron chi connectivity index (χ0n) is 15.2. The molecule has 24 heavy (non-hydrogen) atoms. The van der Waals surface area contributed by atoms with E-state index in [0.29, 0.717) is 13.1 Å². The Morgan fingerprint density at radius 3 is 2.79 bits per heavy atom. The number of rotatable bonds is 4. The first-order valence-electron chi connectivity index (χ1n) is 8.58. The Kier molecular flexibility index (Phi) is 6.48. The Bertz CT molecular complexity index is 491. The molecule has 2 aliphatic heterocycles. The fourth-order valence-corrected chi connectivity index (χ4v) is 2.57. The average molecular weight is 338 g/mol. The average Bonchev–Trinajstić information content (AvgIpc) is 2.47. The van der Waals surface area contributed by atoms with Gasteiger partial charge in [-0.3, -0.25) is 4.99 Å². The Morgan fingerprint density at radius 2 is 2.21 bits per heavy atom. The largest absolute Gasteiger partial charge is 0.444 e. The van der Waals surface area contributed by atoms with Gasteiger partial charge in [-0.05, 0) is 33.6 Å². The molecule has 0 aliphatic carbocycles. The van der Waals surface area contributed by atoms with E-state index in [2.05, 4.69) is 21.7 Å². The number of nitrogens with zero attached hydrogens (tertiary/aromatic N) is 2. The van der Waals surface area contributed by atoms with Crippen molar-refractivity contribution in [3.63, 3.8) is 0 Å². The van der Waals surface area contributed by atoms with Gasteiger partial charge in [-0.15, -0.1) is 0 Å². The van der Waals surface area contributed by atoms with Gasteiger partial charge >= 0.3 is 6.09 Å². The van der Waals surface area contributed by atoms with Crippen molar-refractivity contribution in [2.75, 3.05) is 39.9 Å². The topological polar surface area (TPSA) is 75.2 Å². The zero-order chi connectivity index (χ0) is 17.6. The number of likely N-dealkylation sites (tertiary alicyclic amines) is 1. The maximum absolute atomic E-state index is 11.9. The number of aliphatic imine (C=N–C) groups is 1. The second-order valence-corrected chi connectivity index (χ2v) is 7.16. The molecule has 0 aromatic rings. The molecule has 2 rings (SSSR count). The summed E-state index contributed by atoms with van der Waals surface area (Å²) in [5.41, 5.74) is 0.982. The quantitative estimate of drug-likeness (QED) is 0.462. The SMILES string of the molecule is CN=C(NCCC1=CCOCC1)NC1CN(C(=O)OC(C)(C)C)C1. The predicted molar refractivity (Wildman–Crippen MR) is 94.2 cm³/mol. The first-order chi connectivity index (χ1) is 11.4. The van der Waals surface area contributed by atoms with Gasteiger partial charge in [0.25, 0.3) is 0 Å². The van der Waals surface area contributed by atoms with Crippen LogP contribution in [0.1, 0.15) is 33.6 Å². The molecule has 0 spiro atoms. The lowest BCUT2D eigenvalue weighted by Crippen LogP contribution is -2.63. The van der Waals surface area contributed by atoms with E-state index in [4.69, 9.17) is 9.47 Å². The van der Waals surface area contributed by atoms with Crippen LogP contribution in [0.15, 0.2) is 16.6 Å². The van der Waals surface area contributed by atoms with Gasteiger partial charge in [0.15, 0.2) is 5.96 Å². The second kappa shape index (κ2) is 8.37. The fraction of sp³-hybridized carbons (Fsp3) is 0.765. The van der Waals surface area contributed by atoms with Gasteiger partial charge in [-0.25, -0.2) is 4.79 Å². The van der Waals surface area contributed by atoms with Crippen LogP contribution in [0.25, 0.3) is 0 Å². The van der Waals surface area contributed by atoms with Gasteiger partial charge in [-0.2, -0.15) is 0 Å². The highest BCUT2D eigenvalue weighted by atomic mass is 16.6. The van der Waals surface area contributed by atoms with Gasteiger partial charge in [0, 0.05) is 26.7 Å². The normalized spacial score (nSPS) is 19.4. The highest BCUT2D eigenvalue weighted by Gasteiger charge is 2.34. The van der Waals surface area contributed by atoms with E-state index in [1.54, 1.807) is 11.9 Å². The maximum atomic E-state index is 11.9. The lowest BCUT2D eigenvalue weighted by molar-refractivity contribution is 0.00701. The zero-order valence-corrected chi connectivity index (χ0v) is 15.2. The number of nitrogens with one attached hydrogen (secondary N) is 2. The van der Waals surface area contributed by atoms with E-state index in [1.807, 2.05) is 20.8 Å².